The van der Waals surface area contributed by atoms with Crippen molar-refractivity contribution in [2.45, 2.75) is 13.3 Å². The number of nitrogens with one attached hydrogen (secondary N) is 2. The lowest BCUT2D eigenvalue weighted by Crippen LogP contribution is -2.07. The van der Waals surface area contributed by atoms with Crippen LogP contribution in [0, 0.1) is 6.92 Å². The molecule has 0 unspecified atom stereocenters. The van der Waals surface area contributed by atoms with Crippen molar-refractivity contribution >= 4 is 21.7 Å². The predicted octanol–water partition coefficient (Wildman–Crippen LogP) is 1.82. The number of fused-ring (bicyclic) bond motifs is 3. The van der Waals surface area contributed by atoms with Crippen molar-refractivity contribution in [3.63, 3.8) is 0 Å². The van der Waals surface area contributed by atoms with Crippen molar-refractivity contribution < 1.29 is 0 Å². The Morgan fingerprint density at radius 3 is 2.89 bits per heavy atom. The Morgan fingerprint density at radius 2 is 2.11 bits per heavy atom. The van der Waals surface area contributed by atoms with Crippen LogP contribution in [0.3, 0.4) is 0 Å². The van der Waals surface area contributed by atoms with Gasteiger partial charge >= 0.3 is 0 Å². The van der Waals surface area contributed by atoms with Crippen molar-refractivity contribution in [1.29, 1.82) is 0 Å². The molecule has 3 rings (SSSR count). The Hall–Kier alpha value is -2.07. The van der Waals surface area contributed by atoms with Gasteiger partial charge in [0.15, 0.2) is 0 Å². The molecular formula is C14H15N3O. The van der Waals surface area contributed by atoms with Gasteiger partial charge in [-0.1, -0.05) is 0 Å². The van der Waals surface area contributed by atoms with Gasteiger partial charge in [-0.25, -0.2) is 0 Å². The summed E-state index contributed by atoms with van der Waals surface area (Å²) >= 11 is 0. The number of aryl methyl sites for hydroxylation is 1. The minimum absolute atomic E-state index is 0.0354. The number of nitrogens with two attached hydrogens (primary N) is 1. The van der Waals surface area contributed by atoms with E-state index in [4.69, 9.17) is 5.73 Å². The molecule has 0 amide bonds. The van der Waals surface area contributed by atoms with Crippen molar-refractivity contribution in [3.05, 3.63) is 46.0 Å². The lowest BCUT2D eigenvalue weighted by molar-refractivity contribution is 0.977. The predicted molar refractivity (Wildman–Crippen MR) is 73.9 cm³/mol. The number of rotatable bonds is 2. The van der Waals surface area contributed by atoms with Gasteiger partial charge in [-0.05, 0) is 49.0 Å². The van der Waals surface area contributed by atoms with Crippen LogP contribution in [0.15, 0.2) is 29.2 Å². The van der Waals surface area contributed by atoms with E-state index in [0.717, 1.165) is 33.8 Å². The van der Waals surface area contributed by atoms with E-state index in [1.165, 1.54) is 5.56 Å². The molecule has 18 heavy (non-hydrogen) atoms. The molecule has 0 bridgehead atoms. The Labute approximate surface area is 104 Å². The van der Waals surface area contributed by atoms with E-state index in [2.05, 4.69) is 9.97 Å². The molecule has 0 aliphatic carbocycles. The molecule has 4 heteroatoms. The van der Waals surface area contributed by atoms with E-state index in [1.54, 1.807) is 0 Å². The summed E-state index contributed by atoms with van der Waals surface area (Å²) in [7, 11) is 0. The highest BCUT2D eigenvalue weighted by Gasteiger charge is 2.09. The van der Waals surface area contributed by atoms with E-state index >= 15 is 0 Å². The normalized spacial score (nSPS) is 11.4. The maximum Gasteiger partial charge on any atom is 0.256 e. The molecule has 0 atom stereocenters. The minimum Gasteiger partial charge on any atom is -0.361 e. The molecule has 3 aromatic rings. The van der Waals surface area contributed by atoms with Crippen LogP contribution >= 0.6 is 0 Å². The molecule has 0 saturated heterocycles. The topological polar surface area (TPSA) is 74.7 Å². The second kappa shape index (κ2) is 3.99. The van der Waals surface area contributed by atoms with E-state index in [9.17, 15) is 4.79 Å². The second-order valence-corrected chi connectivity index (χ2v) is 4.58. The second-order valence-electron chi connectivity index (χ2n) is 4.58. The number of aromatic nitrogens is 2. The first-order valence-corrected chi connectivity index (χ1v) is 6.03. The number of hydrogen-bond acceptors (Lipinski definition) is 2. The molecule has 0 radical (unpaired) electrons. The van der Waals surface area contributed by atoms with Gasteiger partial charge in [0, 0.05) is 28.2 Å². The van der Waals surface area contributed by atoms with Crippen molar-refractivity contribution in [3.8, 4) is 0 Å². The zero-order valence-electron chi connectivity index (χ0n) is 10.2. The van der Waals surface area contributed by atoms with E-state index < -0.39 is 0 Å². The molecule has 4 nitrogen and oxygen atoms in total. The van der Waals surface area contributed by atoms with Gasteiger partial charge in [0.1, 0.15) is 0 Å². The molecule has 0 aliphatic heterocycles. The number of aromatic amines is 2. The average Bonchev–Trinajstić information content (AvgIpc) is 2.73. The smallest absolute Gasteiger partial charge is 0.256 e. The van der Waals surface area contributed by atoms with Crippen LogP contribution in [-0.4, -0.2) is 16.5 Å². The number of benzene rings is 1. The quantitative estimate of drug-likeness (QED) is 0.640. The largest absolute Gasteiger partial charge is 0.361 e. The van der Waals surface area contributed by atoms with E-state index in [1.807, 2.05) is 31.3 Å². The van der Waals surface area contributed by atoms with Crippen LogP contribution in [-0.2, 0) is 6.42 Å². The third-order valence-corrected chi connectivity index (χ3v) is 3.30. The summed E-state index contributed by atoms with van der Waals surface area (Å²) < 4.78 is 0. The Balaban J connectivity index is 2.50. The standard InChI is InChI=1S/C14H15N3O/c1-8-6-11-10(14(18)17-8)2-3-12-13(11)9(4-5-15)7-16-12/h2-3,6-7,16H,4-5,15H2,1H3,(H,17,18). The third-order valence-electron chi connectivity index (χ3n) is 3.30. The number of hydrogen-bond donors (Lipinski definition) is 3. The Kier molecular flexibility index (Phi) is 2.45. The average molecular weight is 241 g/mol. The molecule has 0 spiro atoms. The zero-order chi connectivity index (χ0) is 12.7. The van der Waals surface area contributed by atoms with Crippen LogP contribution < -0.4 is 11.3 Å². The van der Waals surface area contributed by atoms with Crippen LogP contribution in [0.25, 0.3) is 21.7 Å². The fourth-order valence-corrected chi connectivity index (χ4v) is 2.52. The van der Waals surface area contributed by atoms with Gasteiger partial charge in [0.05, 0.1) is 0 Å². The van der Waals surface area contributed by atoms with Gasteiger partial charge in [-0.2, -0.15) is 0 Å². The Bertz CT molecular complexity index is 783. The van der Waals surface area contributed by atoms with Crippen molar-refractivity contribution in [2.24, 2.45) is 5.73 Å². The van der Waals surface area contributed by atoms with Crippen LogP contribution in [0.5, 0.6) is 0 Å². The van der Waals surface area contributed by atoms with Crippen LogP contribution in [0.2, 0.25) is 0 Å². The lowest BCUT2D eigenvalue weighted by atomic mass is 10.0. The molecule has 92 valence electrons. The minimum atomic E-state index is -0.0354. The summed E-state index contributed by atoms with van der Waals surface area (Å²) in [6.07, 6.45) is 2.79. The first kappa shape index (κ1) is 11.0. The fourth-order valence-electron chi connectivity index (χ4n) is 2.52. The molecule has 0 fully saturated rings. The first-order chi connectivity index (χ1) is 8.70. The summed E-state index contributed by atoms with van der Waals surface area (Å²) in [5.74, 6) is 0. The molecule has 4 N–H and O–H groups in total. The molecule has 0 aliphatic rings. The SMILES string of the molecule is Cc1cc2c(ccc3[nH]cc(CCN)c32)c(=O)[nH]1. The monoisotopic (exact) mass is 241 g/mol. The highest BCUT2D eigenvalue weighted by molar-refractivity contribution is 6.08. The molecular weight excluding hydrogens is 226 g/mol. The molecule has 1 aromatic carbocycles. The van der Waals surface area contributed by atoms with Crippen LogP contribution in [0.4, 0.5) is 0 Å². The fraction of sp³-hybridized carbons (Fsp3) is 0.214. The van der Waals surface area contributed by atoms with E-state index in [-0.39, 0.29) is 5.56 Å². The lowest BCUT2D eigenvalue weighted by Gasteiger charge is -2.03. The maximum atomic E-state index is 11.9. The van der Waals surface area contributed by atoms with E-state index in [0.29, 0.717) is 6.54 Å². The number of pyridine rings is 1. The highest BCUT2D eigenvalue weighted by Crippen LogP contribution is 2.26. The molecule has 0 saturated carbocycles. The summed E-state index contributed by atoms with van der Waals surface area (Å²) in [5.41, 5.74) is 8.69. The highest BCUT2D eigenvalue weighted by atomic mass is 16.1. The Morgan fingerprint density at radius 1 is 1.28 bits per heavy atom. The van der Waals surface area contributed by atoms with Gasteiger partial charge in [0.25, 0.3) is 5.56 Å². The van der Waals surface area contributed by atoms with Crippen molar-refractivity contribution in [2.75, 3.05) is 6.54 Å². The van der Waals surface area contributed by atoms with Gasteiger partial charge in [-0.3, -0.25) is 4.79 Å². The summed E-state index contributed by atoms with van der Waals surface area (Å²) in [6, 6.07) is 5.83. The van der Waals surface area contributed by atoms with Crippen LogP contribution in [0.1, 0.15) is 11.3 Å². The first-order valence-electron chi connectivity index (χ1n) is 6.03. The van der Waals surface area contributed by atoms with Gasteiger partial charge in [-0.15, -0.1) is 0 Å². The molecule has 2 aromatic heterocycles. The van der Waals surface area contributed by atoms with Gasteiger partial charge in [0.2, 0.25) is 0 Å². The summed E-state index contributed by atoms with van der Waals surface area (Å²) in [4.78, 5) is 18.0. The maximum absolute atomic E-state index is 11.9. The number of H-pyrrole nitrogens is 2. The van der Waals surface area contributed by atoms with Gasteiger partial charge < -0.3 is 15.7 Å². The van der Waals surface area contributed by atoms with Crippen molar-refractivity contribution in [1.82, 2.24) is 9.97 Å². The summed E-state index contributed by atoms with van der Waals surface area (Å²) in [6.45, 7) is 2.50. The summed E-state index contributed by atoms with van der Waals surface area (Å²) in [5, 5.41) is 2.84. The third kappa shape index (κ3) is 1.54. The molecule has 2 heterocycles. The zero-order valence-corrected chi connectivity index (χ0v) is 10.2.